The number of Topliss-reactive ketones (excluding diaryl/α,β-unsaturated/α-hetero) is 1. The molecule has 0 saturated carbocycles. The molecule has 0 unspecified atom stereocenters. The normalized spacial score (nSPS) is 10.9. The molecular formula is C23H24N2O3. The molecule has 0 bridgehead atoms. The fourth-order valence-electron chi connectivity index (χ4n) is 3.44. The van der Waals surface area contributed by atoms with Gasteiger partial charge in [0.25, 0.3) is 0 Å². The summed E-state index contributed by atoms with van der Waals surface area (Å²) in [6, 6.07) is 19.9. The first-order chi connectivity index (χ1) is 13.5. The lowest BCUT2D eigenvalue weighted by Crippen LogP contribution is -2.29. The Morgan fingerprint density at radius 1 is 0.964 bits per heavy atom. The summed E-state index contributed by atoms with van der Waals surface area (Å²) in [7, 11) is 1.33. The highest BCUT2D eigenvalue weighted by Gasteiger charge is 2.23. The topological polar surface area (TPSA) is 71.2 Å². The van der Waals surface area contributed by atoms with Crippen molar-refractivity contribution in [3.8, 4) is 0 Å². The van der Waals surface area contributed by atoms with Crippen molar-refractivity contribution in [1.82, 2.24) is 10.3 Å². The van der Waals surface area contributed by atoms with Gasteiger partial charge in [0, 0.05) is 5.69 Å². The van der Waals surface area contributed by atoms with Crippen molar-refractivity contribution in [3.05, 3.63) is 94.3 Å². The van der Waals surface area contributed by atoms with E-state index < -0.39 is 5.97 Å². The number of methoxy groups -OCH3 is 1. The number of aromatic amines is 1. The zero-order chi connectivity index (χ0) is 20.1. The van der Waals surface area contributed by atoms with Crippen molar-refractivity contribution < 1.29 is 14.3 Å². The highest BCUT2D eigenvalue weighted by molar-refractivity contribution is 6.02. The van der Waals surface area contributed by atoms with E-state index in [9.17, 15) is 9.59 Å². The van der Waals surface area contributed by atoms with E-state index >= 15 is 0 Å². The quantitative estimate of drug-likeness (QED) is 0.483. The number of benzene rings is 2. The largest absolute Gasteiger partial charge is 0.465 e. The molecule has 2 aromatic carbocycles. The van der Waals surface area contributed by atoms with Crippen molar-refractivity contribution in [2.75, 3.05) is 13.7 Å². The predicted molar refractivity (Wildman–Crippen MR) is 109 cm³/mol. The SMILES string of the molecule is COC(=O)c1c(C)[nH]c(C(=O)CNC(c2ccccc2)c2ccccc2)c1C. The van der Waals surface area contributed by atoms with Crippen LogP contribution in [0.4, 0.5) is 0 Å². The molecule has 0 amide bonds. The first kappa shape index (κ1) is 19.6. The van der Waals surface area contributed by atoms with Gasteiger partial charge >= 0.3 is 5.97 Å². The monoisotopic (exact) mass is 376 g/mol. The molecule has 0 spiro atoms. The molecule has 1 aromatic heterocycles. The third-order valence-corrected chi connectivity index (χ3v) is 4.84. The molecule has 3 aromatic rings. The van der Waals surface area contributed by atoms with Gasteiger partial charge in [0.15, 0.2) is 5.78 Å². The molecule has 3 rings (SSSR count). The number of ketones is 1. The third kappa shape index (κ3) is 4.05. The van der Waals surface area contributed by atoms with Crippen LogP contribution in [0.15, 0.2) is 60.7 Å². The maximum Gasteiger partial charge on any atom is 0.339 e. The first-order valence-corrected chi connectivity index (χ1v) is 9.17. The maximum absolute atomic E-state index is 12.9. The van der Waals surface area contributed by atoms with Crippen LogP contribution in [0, 0.1) is 13.8 Å². The molecule has 0 atom stereocenters. The molecule has 2 N–H and O–H groups in total. The lowest BCUT2D eigenvalue weighted by Gasteiger charge is -2.19. The standard InChI is InChI=1S/C23H24N2O3/c1-15-20(23(27)28-3)16(2)25-21(15)19(26)14-24-22(17-10-6-4-7-11-17)18-12-8-5-9-13-18/h4-13,22,24-25H,14H2,1-3H3. The van der Waals surface area contributed by atoms with Gasteiger partial charge < -0.3 is 9.72 Å². The minimum Gasteiger partial charge on any atom is -0.465 e. The second-order valence-electron chi connectivity index (χ2n) is 6.68. The Kier molecular flexibility index (Phi) is 6.06. The van der Waals surface area contributed by atoms with E-state index in [-0.39, 0.29) is 18.4 Å². The van der Waals surface area contributed by atoms with E-state index in [1.165, 1.54) is 7.11 Å². The number of aromatic nitrogens is 1. The summed E-state index contributed by atoms with van der Waals surface area (Å²) in [6.45, 7) is 3.66. The van der Waals surface area contributed by atoms with Crippen LogP contribution in [0.1, 0.15) is 49.3 Å². The van der Waals surface area contributed by atoms with Crippen LogP contribution in [0.5, 0.6) is 0 Å². The molecule has 5 heteroatoms. The summed E-state index contributed by atoms with van der Waals surface area (Å²) in [4.78, 5) is 27.9. The zero-order valence-electron chi connectivity index (χ0n) is 16.3. The Morgan fingerprint density at radius 3 is 2.00 bits per heavy atom. The van der Waals surface area contributed by atoms with E-state index in [1.807, 2.05) is 60.7 Å². The minimum atomic E-state index is -0.440. The smallest absolute Gasteiger partial charge is 0.339 e. The van der Waals surface area contributed by atoms with Gasteiger partial charge in [-0.1, -0.05) is 60.7 Å². The van der Waals surface area contributed by atoms with Gasteiger partial charge in [0.2, 0.25) is 0 Å². The fourth-order valence-corrected chi connectivity index (χ4v) is 3.44. The number of ether oxygens (including phenoxy) is 1. The molecule has 0 saturated heterocycles. The van der Waals surface area contributed by atoms with Crippen LogP contribution in [-0.4, -0.2) is 30.4 Å². The average Bonchev–Trinajstić information content (AvgIpc) is 3.03. The Morgan fingerprint density at radius 2 is 1.50 bits per heavy atom. The molecule has 0 radical (unpaired) electrons. The minimum absolute atomic E-state index is 0.104. The highest BCUT2D eigenvalue weighted by Crippen LogP contribution is 2.23. The number of hydrogen-bond acceptors (Lipinski definition) is 4. The van der Waals surface area contributed by atoms with Crippen molar-refractivity contribution >= 4 is 11.8 Å². The predicted octanol–water partition coefficient (Wildman–Crippen LogP) is 3.98. The van der Waals surface area contributed by atoms with E-state index in [1.54, 1.807) is 13.8 Å². The van der Waals surface area contributed by atoms with E-state index in [2.05, 4.69) is 10.3 Å². The fraction of sp³-hybridized carbons (Fsp3) is 0.217. The van der Waals surface area contributed by atoms with E-state index in [0.717, 1.165) is 11.1 Å². The van der Waals surface area contributed by atoms with Gasteiger partial charge in [-0.25, -0.2) is 4.79 Å². The van der Waals surface area contributed by atoms with E-state index in [0.29, 0.717) is 22.5 Å². The van der Waals surface area contributed by atoms with Gasteiger partial charge in [-0.15, -0.1) is 0 Å². The van der Waals surface area contributed by atoms with Crippen molar-refractivity contribution in [3.63, 3.8) is 0 Å². The van der Waals surface area contributed by atoms with Gasteiger partial charge in [-0.3, -0.25) is 10.1 Å². The van der Waals surface area contributed by atoms with Crippen LogP contribution >= 0.6 is 0 Å². The number of hydrogen-bond donors (Lipinski definition) is 2. The molecule has 0 aliphatic carbocycles. The average molecular weight is 376 g/mol. The zero-order valence-corrected chi connectivity index (χ0v) is 16.3. The number of H-pyrrole nitrogens is 1. The second kappa shape index (κ2) is 8.67. The van der Waals surface area contributed by atoms with Crippen LogP contribution in [0.2, 0.25) is 0 Å². The Bertz CT molecular complexity index is 923. The van der Waals surface area contributed by atoms with Gasteiger partial charge in [0.05, 0.1) is 31.0 Å². The number of carbonyl (C=O) groups excluding carboxylic acids is 2. The Hall–Kier alpha value is -3.18. The lowest BCUT2D eigenvalue weighted by atomic mass is 9.98. The molecule has 0 aliphatic rings. The summed E-state index contributed by atoms with van der Waals surface area (Å²) >= 11 is 0. The molecule has 0 fully saturated rings. The Balaban J connectivity index is 1.83. The molecule has 144 valence electrons. The van der Waals surface area contributed by atoms with Crippen LogP contribution < -0.4 is 5.32 Å². The van der Waals surface area contributed by atoms with Gasteiger partial charge in [0.1, 0.15) is 0 Å². The Labute approximate surface area is 164 Å². The summed E-state index contributed by atoms with van der Waals surface area (Å²) < 4.78 is 4.82. The van der Waals surface area contributed by atoms with Crippen LogP contribution in [-0.2, 0) is 4.74 Å². The second-order valence-corrected chi connectivity index (χ2v) is 6.68. The van der Waals surface area contributed by atoms with Crippen molar-refractivity contribution in [1.29, 1.82) is 0 Å². The van der Waals surface area contributed by atoms with Crippen LogP contribution in [0.25, 0.3) is 0 Å². The third-order valence-electron chi connectivity index (χ3n) is 4.84. The number of rotatable bonds is 7. The number of aryl methyl sites for hydroxylation is 1. The number of esters is 1. The summed E-state index contributed by atoms with van der Waals surface area (Å²) in [5.74, 6) is -0.544. The first-order valence-electron chi connectivity index (χ1n) is 9.17. The number of carbonyl (C=O) groups is 2. The maximum atomic E-state index is 12.9. The highest BCUT2D eigenvalue weighted by atomic mass is 16.5. The van der Waals surface area contributed by atoms with Gasteiger partial charge in [-0.2, -0.15) is 0 Å². The van der Waals surface area contributed by atoms with Gasteiger partial charge in [-0.05, 0) is 30.5 Å². The van der Waals surface area contributed by atoms with Crippen molar-refractivity contribution in [2.24, 2.45) is 0 Å². The summed E-state index contributed by atoms with van der Waals surface area (Å²) in [5.41, 5.74) is 4.27. The molecule has 1 heterocycles. The lowest BCUT2D eigenvalue weighted by molar-refractivity contribution is 0.0599. The molecule has 5 nitrogen and oxygen atoms in total. The van der Waals surface area contributed by atoms with Crippen LogP contribution in [0.3, 0.4) is 0 Å². The molecule has 0 aliphatic heterocycles. The summed E-state index contributed by atoms with van der Waals surface area (Å²) in [5, 5.41) is 3.36. The molecular weight excluding hydrogens is 352 g/mol. The molecule has 28 heavy (non-hydrogen) atoms. The van der Waals surface area contributed by atoms with Crippen molar-refractivity contribution in [2.45, 2.75) is 19.9 Å². The summed E-state index contributed by atoms with van der Waals surface area (Å²) in [6.07, 6.45) is 0. The number of nitrogens with one attached hydrogen (secondary N) is 2. The van der Waals surface area contributed by atoms with E-state index in [4.69, 9.17) is 4.74 Å².